The fourth-order valence-corrected chi connectivity index (χ4v) is 1.90. The summed E-state index contributed by atoms with van der Waals surface area (Å²) in [5, 5.41) is 19.8. The molecule has 0 aromatic carbocycles. The first kappa shape index (κ1) is 17.3. The summed E-state index contributed by atoms with van der Waals surface area (Å²) in [6.07, 6.45) is -6.93. The lowest BCUT2D eigenvalue weighted by atomic mass is 9.99. The average molecular weight is 306 g/mol. The number of aliphatic hydroxyl groups is 2. The van der Waals surface area contributed by atoms with E-state index < -0.39 is 48.6 Å². The fraction of sp³-hybridized carbons (Fsp3) is 0.750. The lowest BCUT2D eigenvalue weighted by molar-refractivity contribution is -0.293. The van der Waals surface area contributed by atoms with Gasteiger partial charge in [0.15, 0.2) is 18.5 Å². The Morgan fingerprint density at radius 1 is 0.952 bits per heavy atom. The van der Waals surface area contributed by atoms with Crippen LogP contribution in [0.4, 0.5) is 0 Å². The highest BCUT2D eigenvalue weighted by Crippen LogP contribution is 2.25. The van der Waals surface area contributed by atoms with Crippen molar-refractivity contribution >= 4 is 17.9 Å². The van der Waals surface area contributed by atoms with Crippen molar-refractivity contribution in [3.63, 3.8) is 0 Å². The standard InChI is InChI=1S/C12H18O9/c1-5(13)18-4-8-10(19-6(2)14)9(16)11(12(17)21-8)20-7(3)15/h8-12,16-17H,4H2,1-3H3/t8-,9+,10-,11-,12+/m0/s1. The summed E-state index contributed by atoms with van der Waals surface area (Å²) in [7, 11) is 0. The van der Waals surface area contributed by atoms with Crippen LogP contribution < -0.4 is 0 Å². The number of aliphatic hydroxyl groups excluding tert-OH is 2. The molecule has 2 N–H and O–H groups in total. The first-order valence-electron chi connectivity index (χ1n) is 6.21. The summed E-state index contributed by atoms with van der Waals surface area (Å²) < 4.78 is 19.5. The highest BCUT2D eigenvalue weighted by molar-refractivity contribution is 5.67. The molecule has 0 bridgehead atoms. The second-order valence-corrected chi connectivity index (χ2v) is 4.51. The van der Waals surface area contributed by atoms with E-state index in [1.807, 2.05) is 0 Å². The number of rotatable bonds is 4. The third-order valence-electron chi connectivity index (χ3n) is 2.69. The Morgan fingerprint density at radius 3 is 1.95 bits per heavy atom. The largest absolute Gasteiger partial charge is 0.463 e. The van der Waals surface area contributed by atoms with Gasteiger partial charge >= 0.3 is 17.9 Å². The highest BCUT2D eigenvalue weighted by atomic mass is 16.7. The van der Waals surface area contributed by atoms with Gasteiger partial charge in [-0.3, -0.25) is 14.4 Å². The maximum atomic E-state index is 11.1. The van der Waals surface area contributed by atoms with Crippen LogP contribution in [0.1, 0.15) is 20.8 Å². The summed E-state index contributed by atoms with van der Waals surface area (Å²) in [6, 6.07) is 0. The van der Waals surface area contributed by atoms with Crippen LogP contribution in [0.2, 0.25) is 0 Å². The third-order valence-corrected chi connectivity index (χ3v) is 2.69. The molecule has 0 amide bonds. The number of carbonyl (C=O) groups excluding carboxylic acids is 3. The molecule has 1 saturated heterocycles. The molecule has 9 heteroatoms. The molecule has 21 heavy (non-hydrogen) atoms. The number of hydrogen-bond acceptors (Lipinski definition) is 9. The van der Waals surface area contributed by atoms with Crippen LogP contribution in [0.25, 0.3) is 0 Å². The van der Waals surface area contributed by atoms with Gasteiger partial charge in [0, 0.05) is 20.8 Å². The van der Waals surface area contributed by atoms with E-state index in [9.17, 15) is 24.6 Å². The summed E-state index contributed by atoms with van der Waals surface area (Å²) in [5.74, 6) is -2.07. The van der Waals surface area contributed by atoms with E-state index >= 15 is 0 Å². The predicted octanol–water partition coefficient (Wildman–Crippen LogP) is -1.51. The quantitative estimate of drug-likeness (QED) is 0.470. The molecule has 0 aromatic rings. The molecular formula is C12H18O9. The second kappa shape index (κ2) is 7.34. The zero-order chi connectivity index (χ0) is 16.2. The highest BCUT2D eigenvalue weighted by Gasteiger charge is 2.48. The zero-order valence-corrected chi connectivity index (χ0v) is 11.8. The Bertz CT molecular complexity index is 406. The van der Waals surface area contributed by atoms with Gasteiger partial charge in [0.1, 0.15) is 18.8 Å². The summed E-state index contributed by atoms with van der Waals surface area (Å²) in [6.45, 7) is 3.03. The van der Waals surface area contributed by atoms with Crippen molar-refractivity contribution in [3.8, 4) is 0 Å². The lowest BCUT2D eigenvalue weighted by Gasteiger charge is -2.41. The maximum Gasteiger partial charge on any atom is 0.303 e. The van der Waals surface area contributed by atoms with Gasteiger partial charge in [0.05, 0.1) is 0 Å². The van der Waals surface area contributed by atoms with Crippen LogP contribution in [-0.2, 0) is 33.3 Å². The molecule has 1 aliphatic heterocycles. The van der Waals surface area contributed by atoms with E-state index in [0.717, 1.165) is 20.8 Å². The van der Waals surface area contributed by atoms with Crippen LogP contribution in [0.15, 0.2) is 0 Å². The number of carbonyl (C=O) groups is 3. The molecule has 1 heterocycles. The first-order valence-corrected chi connectivity index (χ1v) is 6.21. The average Bonchev–Trinajstić information content (AvgIpc) is 2.35. The van der Waals surface area contributed by atoms with E-state index in [4.69, 9.17) is 18.9 Å². The molecule has 0 saturated carbocycles. The van der Waals surface area contributed by atoms with E-state index in [2.05, 4.69) is 0 Å². The summed E-state index contributed by atoms with van der Waals surface area (Å²) in [4.78, 5) is 32.8. The van der Waals surface area contributed by atoms with E-state index in [0.29, 0.717) is 0 Å². The minimum Gasteiger partial charge on any atom is -0.463 e. The Morgan fingerprint density at radius 2 is 1.48 bits per heavy atom. The van der Waals surface area contributed by atoms with E-state index in [-0.39, 0.29) is 6.61 Å². The van der Waals surface area contributed by atoms with Crippen molar-refractivity contribution in [1.82, 2.24) is 0 Å². The monoisotopic (exact) mass is 306 g/mol. The molecule has 120 valence electrons. The topological polar surface area (TPSA) is 129 Å². The van der Waals surface area contributed by atoms with E-state index in [1.165, 1.54) is 0 Å². The Balaban J connectivity index is 2.86. The van der Waals surface area contributed by atoms with Crippen molar-refractivity contribution in [1.29, 1.82) is 0 Å². The van der Waals surface area contributed by atoms with Crippen molar-refractivity contribution in [2.75, 3.05) is 6.61 Å². The molecule has 5 atom stereocenters. The molecule has 1 rings (SSSR count). The van der Waals surface area contributed by atoms with E-state index in [1.54, 1.807) is 0 Å². The van der Waals surface area contributed by atoms with Gasteiger partial charge in [0.25, 0.3) is 0 Å². The molecule has 0 spiro atoms. The first-order chi connectivity index (χ1) is 9.72. The minimum absolute atomic E-state index is 0.339. The molecule has 9 nitrogen and oxygen atoms in total. The third kappa shape index (κ3) is 4.96. The van der Waals surface area contributed by atoms with Crippen molar-refractivity contribution in [2.45, 2.75) is 51.5 Å². The van der Waals surface area contributed by atoms with Crippen LogP contribution in [0.5, 0.6) is 0 Å². The van der Waals surface area contributed by atoms with Gasteiger partial charge in [-0.15, -0.1) is 0 Å². The van der Waals surface area contributed by atoms with Gasteiger partial charge in [-0.1, -0.05) is 0 Å². The van der Waals surface area contributed by atoms with Gasteiger partial charge in [-0.2, -0.15) is 0 Å². The normalized spacial score (nSPS) is 32.1. The predicted molar refractivity (Wildman–Crippen MR) is 64.6 cm³/mol. The van der Waals surface area contributed by atoms with Crippen molar-refractivity contribution < 1.29 is 43.5 Å². The SMILES string of the molecule is CC(=O)OC[C@@H]1O[C@@H](O)[C@@H](OC(C)=O)[C@H](O)[C@H]1OC(C)=O. The fourth-order valence-electron chi connectivity index (χ4n) is 1.90. The molecule has 1 aliphatic rings. The van der Waals surface area contributed by atoms with Crippen LogP contribution in [0.3, 0.4) is 0 Å². The summed E-state index contributed by atoms with van der Waals surface area (Å²) in [5.41, 5.74) is 0. The van der Waals surface area contributed by atoms with Gasteiger partial charge < -0.3 is 29.2 Å². The Labute approximate surface area is 120 Å². The molecule has 0 radical (unpaired) electrons. The van der Waals surface area contributed by atoms with Crippen LogP contribution in [0, 0.1) is 0 Å². The Hall–Kier alpha value is -1.71. The maximum absolute atomic E-state index is 11.1. The molecule has 1 fully saturated rings. The molecular weight excluding hydrogens is 288 g/mol. The zero-order valence-electron chi connectivity index (χ0n) is 11.8. The van der Waals surface area contributed by atoms with Crippen LogP contribution in [-0.4, -0.2) is 65.4 Å². The van der Waals surface area contributed by atoms with Gasteiger partial charge in [-0.05, 0) is 0 Å². The second-order valence-electron chi connectivity index (χ2n) is 4.51. The molecule has 0 aromatic heterocycles. The molecule has 0 unspecified atom stereocenters. The lowest BCUT2D eigenvalue weighted by Crippen LogP contribution is -2.61. The number of hydrogen-bond donors (Lipinski definition) is 2. The molecule has 0 aliphatic carbocycles. The van der Waals surface area contributed by atoms with Crippen molar-refractivity contribution in [3.05, 3.63) is 0 Å². The van der Waals surface area contributed by atoms with Crippen LogP contribution >= 0.6 is 0 Å². The van der Waals surface area contributed by atoms with Gasteiger partial charge in [0.2, 0.25) is 0 Å². The van der Waals surface area contributed by atoms with Crippen molar-refractivity contribution in [2.24, 2.45) is 0 Å². The summed E-state index contributed by atoms with van der Waals surface area (Å²) >= 11 is 0. The van der Waals surface area contributed by atoms with Gasteiger partial charge in [-0.25, -0.2) is 0 Å². The number of esters is 3. The number of ether oxygens (including phenoxy) is 4. The smallest absolute Gasteiger partial charge is 0.303 e. The Kier molecular flexibility index (Phi) is 6.06. The minimum atomic E-state index is -1.64.